The summed E-state index contributed by atoms with van der Waals surface area (Å²) in [6, 6.07) is 3.12. The van der Waals surface area contributed by atoms with Gasteiger partial charge in [0.15, 0.2) is 0 Å². The molecule has 2 N–H and O–H groups in total. The molecule has 1 unspecified atom stereocenters. The Morgan fingerprint density at radius 3 is 3.11 bits per heavy atom. The van der Waals surface area contributed by atoms with Gasteiger partial charge in [0.25, 0.3) is 0 Å². The Kier molecular flexibility index (Phi) is 3.66. The van der Waals surface area contributed by atoms with E-state index in [0.717, 1.165) is 13.0 Å². The van der Waals surface area contributed by atoms with Crippen LogP contribution >= 0.6 is 11.3 Å². The van der Waals surface area contributed by atoms with Gasteiger partial charge in [0.2, 0.25) is 5.91 Å². The van der Waals surface area contributed by atoms with E-state index in [1.54, 1.807) is 0 Å². The summed E-state index contributed by atoms with van der Waals surface area (Å²) < 4.78 is 0. The standard InChI is InChI=1S/C14H20N2OS/c17-14(6-8-15-10-4-5-10)16-12-2-1-3-13-11(12)7-9-18-13/h7,9-10,12,15H,1-6,8H2,(H,16,17). The van der Waals surface area contributed by atoms with E-state index in [2.05, 4.69) is 22.1 Å². The first-order chi connectivity index (χ1) is 8.83. The zero-order chi connectivity index (χ0) is 12.4. The minimum atomic E-state index is 0.187. The molecular formula is C14H20N2OS. The van der Waals surface area contributed by atoms with Gasteiger partial charge < -0.3 is 10.6 Å². The molecule has 3 nitrogen and oxygen atoms in total. The fraction of sp³-hybridized carbons (Fsp3) is 0.643. The van der Waals surface area contributed by atoms with Gasteiger partial charge in [-0.05, 0) is 49.1 Å². The Morgan fingerprint density at radius 1 is 1.39 bits per heavy atom. The zero-order valence-corrected chi connectivity index (χ0v) is 11.4. The number of thiophene rings is 1. The lowest BCUT2D eigenvalue weighted by Crippen LogP contribution is -2.32. The third kappa shape index (κ3) is 2.93. The molecule has 0 saturated heterocycles. The van der Waals surface area contributed by atoms with E-state index in [4.69, 9.17) is 0 Å². The molecule has 1 heterocycles. The van der Waals surface area contributed by atoms with Crippen LogP contribution in [0, 0.1) is 0 Å². The molecule has 1 aromatic heterocycles. The molecule has 1 atom stereocenters. The van der Waals surface area contributed by atoms with E-state index in [-0.39, 0.29) is 11.9 Å². The number of rotatable bonds is 5. The van der Waals surface area contributed by atoms with Crippen LogP contribution in [-0.2, 0) is 11.2 Å². The van der Waals surface area contributed by atoms with E-state index < -0.39 is 0 Å². The quantitative estimate of drug-likeness (QED) is 0.857. The van der Waals surface area contributed by atoms with E-state index >= 15 is 0 Å². The second-order valence-corrected chi connectivity index (χ2v) is 6.29. The molecule has 2 aliphatic carbocycles. The highest BCUT2D eigenvalue weighted by Crippen LogP contribution is 2.33. The number of carbonyl (C=O) groups excluding carboxylic acids is 1. The Balaban J connectivity index is 1.48. The first-order valence-electron chi connectivity index (χ1n) is 6.92. The highest BCUT2D eigenvalue weighted by molar-refractivity contribution is 7.10. The fourth-order valence-electron chi connectivity index (χ4n) is 2.58. The summed E-state index contributed by atoms with van der Waals surface area (Å²) >= 11 is 1.82. The van der Waals surface area contributed by atoms with Crippen LogP contribution in [0.3, 0.4) is 0 Å². The van der Waals surface area contributed by atoms with Crippen LogP contribution in [0.4, 0.5) is 0 Å². The Labute approximate surface area is 112 Å². The smallest absolute Gasteiger partial charge is 0.221 e. The lowest BCUT2D eigenvalue weighted by molar-refractivity contribution is -0.121. The predicted molar refractivity (Wildman–Crippen MR) is 73.8 cm³/mol. The third-order valence-corrected chi connectivity index (χ3v) is 4.75. The van der Waals surface area contributed by atoms with Crippen LogP contribution in [0.15, 0.2) is 11.4 Å². The Morgan fingerprint density at radius 2 is 2.28 bits per heavy atom. The van der Waals surface area contributed by atoms with Crippen molar-refractivity contribution in [2.75, 3.05) is 6.54 Å². The summed E-state index contributed by atoms with van der Waals surface area (Å²) in [5.41, 5.74) is 1.36. The van der Waals surface area contributed by atoms with Crippen molar-refractivity contribution in [2.45, 2.75) is 50.6 Å². The summed E-state index contributed by atoms with van der Waals surface area (Å²) in [5.74, 6) is 0.187. The zero-order valence-electron chi connectivity index (χ0n) is 10.6. The summed E-state index contributed by atoms with van der Waals surface area (Å²) in [5, 5.41) is 8.71. The van der Waals surface area contributed by atoms with Crippen molar-refractivity contribution < 1.29 is 4.79 Å². The molecule has 0 aliphatic heterocycles. The highest BCUT2D eigenvalue weighted by atomic mass is 32.1. The first-order valence-corrected chi connectivity index (χ1v) is 7.80. The maximum absolute atomic E-state index is 11.9. The summed E-state index contributed by atoms with van der Waals surface area (Å²) in [7, 11) is 0. The maximum atomic E-state index is 11.9. The molecule has 1 fully saturated rings. The van der Waals surface area contributed by atoms with E-state index in [1.807, 2.05) is 11.3 Å². The van der Waals surface area contributed by atoms with Crippen LogP contribution in [0.2, 0.25) is 0 Å². The second kappa shape index (κ2) is 5.41. The van der Waals surface area contributed by atoms with Crippen LogP contribution in [0.5, 0.6) is 0 Å². The number of amides is 1. The minimum absolute atomic E-state index is 0.187. The van der Waals surface area contributed by atoms with Gasteiger partial charge >= 0.3 is 0 Å². The first kappa shape index (κ1) is 12.2. The lowest BCUT2D eigenvalue weighted by Gasteiger charge is -2.23. The number of nitrogens with one attached hydrogen (secondary N) is 2. The van der Waals surface area contributed by atoms with Crippen molar-refractivity contribution in [1.82, 2.24) is 10.6 Å². The molecule has 1 aromatic rings. The molecule has 0 spiro atoms. The van der Waals surface area contributed by atoms with Crippen molar-refractivity contribution in [2.24, 2.45) is 0 Å². The van der Waals surface area contributed by atoms with Gasteiger partial charge in [-0.15, -0.1) is 11.3 Å². The molecular weight excluding hydrogens is 244 g/mol. The SMILES string of the molecule is O=C(CCNC1CC1)NC1CCCc2sccc21. The van der Waals surface area contributed by atoms with Crippen LogP contribution in [-0.4, -0.2) is 18.5 Å². The molecule has 0 bridgehead atoms. The van der Waals surface area contributed by atoms with Crippen molar-refractivity contribution in [1.29, 1.82) is 0 Å². The monoisotopic (exact) mass is 264 g/mol. The molecule has 2 aliphatic rings. The third-order valence-electron chi connectivity index (χ3n) is 3.75. The van der Waals surface area contributed by atoms with E-state index in [9.17, 15) is 4.79 Å². The maximum Gasteiger partial charge on any atom is 0.221 e. The molecule has 4 heteroatoms. The largest absolute Gasteiger partial charge is 0.349 e. The normalized spacial score (nSPS) is 22.6. The summed E-state index contributed by atoms with van der Waals surface area (Å²) in [4.78, 5) is 13.4. The van der Waals surface area contributed by atoms with Crippen molar-refractivity contribution >= 4 is 17.2 Å². The molecule has 0 aromatic carbocycles. The van der Waals surface area contributed by atoms with Crippen molar-refractivity contribution in [3.05, 3.63) is 21.9 Å². The van der Waals surface area contributed by atoms with Crippen molar-refractivity contribution in [3.63, 3.8) is 0 Å². The number of hydrogen-bond acceptors (Lipinski definition) is 3. The fourth-order valence-corrected chi connectivity index (χ4v) is 3.57. The number of fused-ring (bicyclic) bond motifs is 1. The van der Waals surface area contributed by atoms with Gasteiger partial charge in [0, 0.05) is 23.9 Å². The number of carbonyl (C=O) groups is 1. The van der Waals surface area contributed by atoms with Gasteiger partial charge in [-0.25, -0.2) is 0 Å². The van der Waals surface area contributed by atoms with E-state index in [1.165, 1.54) is 36.1 Å². The second-order valence-electron chi connectivity index (χ2n) is 5.29. The van der Waals surface area contributed by atoms with Gasteiger partial charge in [-0.1, -0.05) is 0 Å². The topological polar surface area (TPSA) is 41.1 Å². The summed E-state index contributed by atoms with van der Waals surface area (Å²) in [6.07, 6.45) is 6.63. The Bertz CT molecular complexity index is 425. The number of hydrogen-bond donors (Lipinski definition) is 2. The van der Waals surface area contributed by atoms with Crippen molar-refractivity contribution in [3.8, 4) is 0 Å². The molecule has 3 rings (SSSR count). The molecule has 98 valence electrons. The van der Waals surface area contributed by atoms with Crippen LogP contribution in [0.1, 0.15) is 48.6 Å². The Hall–Kier alpha value is -0.870. The van der Waals surface area contributed by atoms with Crippen LogP contribution < -0.4 is 10.6 Å². The molecule has 1 saturated carbocycles. The van der Waals surface area contributed by atoms with Crippen LogP contribution in [0.25, 0.3) is 0 Å². The molecule has 0 radical (unpaired) electrons. The summed E-state index contributed by atoms with van der Waals surface area (Å²) in [6.45, 7) is 0.819. The lowest BCUT2D eigenvalue weighted by atomic mass is 9.94. The van der Waals surface area contributed by atoms with Gasteiger partial charge in [0.1, 0.15) is 0 Å². The molecule has 1 amide bonds. The average Bonchev–Trinajstić information content (AvgIpc) is 3.05. The predicted octanol–water partition coefficient (Wildman–Crippen LogP) is 2.38. The number of aryl methyl sites for hydroxylation is 1. The molecule has 18 heavy (non-hydrogen) atoms. The highest BCUT2D eigenvalue weighted by Gasteiger charge is 2.23. The minimum Gasteiger partial charge on any atom is -0.349 e. The van der Waals surface area contributed by atoms with Gasteiger partial charge in [0.05, 0.1) is 6.04 Å². The van der Waals surface area contributed by atoms with Gasteiger partial charge in [-0.2, -0.15) is 0 Å². The van der Waals surface area contributed by atoms with Gasteiger partial charge in [-0.3, -0.25) is 4.79 Å². The average molecular weight is 264 g/mol. The van der Waals surface area contributed by atoms with E-state index in [0.29, 0.717) is 12.5 Å².